The van der Waals surface area contributed by atoms with Crippen LogP contribution in [0.3, 0.4) is 0 Å². The Hall–Kier alpha value is -3.06. The fourth-order valence-corrected chi connectivity index (χ4v) is 10.5. The molecule has 0 N–H and O–H groups in total. The number of rotatable bonds is 5. The summed E-state index contributed by atoms with van der Waals surface area (Å²) in [5.74, 6) is -3.43. The molecule has 0 saturated carbocycles. The SMILES string of the molecule is Cc1nc2ccccc2nc1CP(Cl)(c1ccccc1)(c1ccccc1)c1ccccc1. The zero-order valence-corrected chi connectivity index (χ0v) is 19.5. The summed E-state index contributed by atoms with van der Waals surface area (Å²) in [4.78, 5) is 9.94. The Kier molecular flexibility index (Phi) is 5.29. The summed E-state index contributed by atoms with van der Waals surface area (Å²) in [5, 5.41) is 3.39. The Balaban J connectivity index is 1.86. The Bertz CT molecular complexity index is 1270. The van der Waals surface area contributed by atoms with Crippen molar-refractivity contribution in [3.05, 3.63) is 127 Å². The van der Waals surface area contributed by atoms with E-state index in [-0.39, 0.29) is 0 Å². The number of benzene rings is 4. The van der Waals surface area contributed by atoms with Crippen LogP contribution in [0.1, 0.15) is 11.4 Å². The van der Waals surface area contributed by atoms with Gasteiger partial charge in [0, 0.05) is 0 Å². The molecule has 0 spiro atoms. The van der Waals surface area contributed by atoms with Gasteiger partial charge >= 0.3 is 194 Å². The standard InChI is InChI=1S/C28H24ClN2P/c1-22-28(31-27-20-12-11-19-26(27)30-22)21-32(29,23-13-5-2-6-14-23,24-15-7-3-8-16-24)25-17-9-4-10-18-25/h2-20H,21H2,1H3. The summed E-state index contributed by atoms with van der Waals surface area (Å²) in [6, 6.07) is 39.5. The first-order valence-corrected chi connectivity index (χ1v) is 14.0. The molecule has 4 heteroatoms. The van der Waals surface area contributed by atoms with Gasteiger partial charge in [0.2, 0.25) is 0 Å². The molecule has 158 valence electrons. The normalized spacial score (nSPS) is 12.9. The molecule has 0 fully saturated rings. The molecule has 5 rings (SSSR count). The average molecular weight is 455 g/mol. The minimum absolute atomic E-state index is 0.592. The van der Waals surface area contributed by atoms with Crippen molar-refractivity contribution >= 4 is 44.1 Å². The molecule has 1 aromatic heterocycles. The molecule has 0 unspecified atom stereocenters. The van der Waals surface area contributed by atoms with E-state index in [4.69, 9.17) is 21.2 Å². The van der Waals surface area contributed by atoms with Gasteiger partial charge in [-0.2, -0.15) is 0 Å². The molecule has 0 radical (unpaired) electrons. The van der Waals surface area contributed by atoms with Crippen molar-refractivity contribution < 1.29 is 0 Å². The fraction of sp³-hybridized carbons (Fsp3) is 0.0714. The van der Waals surface area contributed by atoms with Gasteiger partial charge in [0.15, 0.2) is 0 Å². The molecular weight excluding hydrogens is 431 g/mol. The summed E-state index contributed by atoms with van der Waals surface area (Å²) in [6.45, 7) is 2.04. The van der Waals surface area contributed by atoms with Gasteiger partial charge in [0.25, 0.3) is 0 Å². The Morgan fingerprint density at radius 2 is 0.938 bits per heavy atom. The van der Waals surface area contributed by atoms with E-state index >= 15 is 0 Å². The van der Waals surface area contributed by atoms with Crippen LogP contribution in [-0.4, -0.2) is 9.97 Å². The number of para-hydroxylation sites is 2. The third kappa shape index (κ3) is 3.32. The molecule has 0 bridgehead atoms. The van der Waals surface area contributed by atoms with E-state index in [0.29, 0.717) is 6.16 Å². The summed E-state index contributed by atoms with van der Waals surface area (Å²) in [6.07, 6.45) is 0.592. The molecule has 32 heavy (non-hydrogen) atoms. The van der Waals surface area contributed by atoms with Crippen molar-refractivity contribution in [2.45, 2.75) is 13.1 Å². The summed E-state index contributed by atoms with van der Waals surface area (Å²) < 4.78 is 0. The maximum atomic E-state index is 8.19. The van der Waals surface area contributed by atoms with Crippen LogP contribution in [0, 0.1) is 6.92 Å². The number of hydrogen-bond donors (Lipinski definition) is 0. The first-order chi connectivity index (χ1) is 15.6. The van der Waals surface area contributed by atoms with E-state index in [1.165, 1.54) is 0 Å². The van der Waals surface area contributed by atoms with Crippen molar-refractivity contribution in [1.29, 1.82) is 0 Å². The summed E-state index contributed by atoms with van der Waals surface area (Å²) in [5.41, 5.74) is 3.65. The molecular formula is C28H24ClN2P. The second-order valence-electron chi connectivity index (χ2n) is 8.09. The second-order valence-corrected chi connectivity index (χ2v) is 14.6. The van der Waals surface area contributed by atoms with E-state index in [9.17, 15) is 0 Å². The topological polar surface area (TPSA) is 25.8 Å². The van der Waals surface area contributed by atoms with E-state index in [1.54, 1.807) is 0 Å². The van der Waals surface area contributed by atoms with Crippen LogP contribution in [0.2, 0.25) is 0 Å². The van der Waals surface area contributed by atoms with Gasteiger partial charge in [0.1, 0.15) is 0 Å². The van der Waals surface area contributed by atoms with Gasteiger partial charge in [-0.25, -0.2) is 0 Å². The van der Waals surface area contributed by atoms with Crippen molar-refractivity contribution in [2.24, 2.45) is 0 Å². The van der Waals surface area contributed by atoms with Crippen molar-refractivity contribution in [2.75, 3.05) is 0 Å². The number of fused-ring (bicyclic) bond motifs is 1. The van der Waals surface area contributed by atoms with Crippen molar-refractivity contribution in [3.8, 4) is 0 Å². The molecule has 0 amide bonds. The molecule has 2 nitrogen and oxygen atoms in total. The number of nitrogens with zero attached hydrogens (tertiary/aromatic N) is 2. The predicted molar refractivity (Wildman–Crippen MR) is 139 cm³/mol. The predicted octanol–water partition coefficient (Wildman–Crippen LogP) is 6.12. The molecule has 0 saturated heterocycles. The first-order valence-electron chi connectivity index (χ1n) is 10.7. The van der Waals surface area contributed by atoms with Gasteiger partial charge in [-0.15, -0.1) is 0 Å². The summed E-state index contributed by atoms with van der Waals surface area (Å²) in [7, 11) is 0. The van der Waals surface area contributed by atoms with Crippen LogP contribution < -0.4 is 15.9 Å². The molecule has 0 aliphatic heterocycles. The fourth-order valence-electron chi connectivity index (χ4n) is 4.49. The van der Waals surface area contributed by atoms with Gasteiger partial charge < -0.3 is 0 Å². The van der Waals surface area contributed by atoms with Gasteiger partial charge in [-0.1, -0.05) is 0 Å². The van der Waals surface area contributed by atoms with Crippen LogP contribution in [0.5, 0.6) is 0 Å². The van der Waals surface area contributed by atoms with Crippen molar-refractivity contribution in [3.63, 3.8) is 0 Å². The Labute approximate surface area is 193 Å². The van der Waals surface area contributed by atoms with E-state index < -0.39 is 5.96 Å². The molecule has 4 aromatic carbocycles. The molecule has 1 heterocycles. The third-order valence-corrected chi connectivity index (χ3v) is 13.3. The monoisotopic (exact) mass is 454 g/mol. The van der Waals surface area contributed by atoms with E-state index in [1.807, 2.05) is 49.4 Å². The minimum atomic E-state index is -3.43. The number of aryl methyl sites for hydroxylation is 1. The molecule has 0 aliphatic rings. The van der Waals surface area contributed by atoms with Crippen LogP contribution in [0.15, 0.2) is 115 Å². The third-order valence-electron chi connectivity index (χ3n) is 6.17. The van der Waals surface area contributed by atoms with Crippen LogP contribution in [0.4, 0.5) is 0 Å². The van der Waals surface area contributed by atoms with Crippen LogP contribution in [0.25, 0.3) is 11.0 Å². The van der Waals surface area contributed by atoms with Gasteiger partial charge in [-0.05, 0) is 0 Å². The van der Waals surface area contributed by atoms with E-state index in [2.05, 4.69) is 72.8 Å². The average Bonchev–Trinajstić information content (AvgIpc) is 2.86. The Morgan fingerprint density at radius 1 is 0.562 bits per heavy atom. The molecule has 0 atom stereocenters. The Morgan fingerprint density at radius 3 is 1.38 bits per heavy atom. The van der Waals surface area contributed by atoms with Crippen molar-refractivity contribution in [1.82, 2.24) is 9.97 Å². The van der Waals surface area contributed by atoms with E-state index in [0.717, 1.165) is 38.3 Å². The molecule has 5 aromatic rings. The molecule has 0 aliphatic carbocycles. The van der Waals surface area contributed by atoms with Gasteiger partial charge in [-0.3, -0.25) is 0 Å². The quantitative estimate of drug-likeness (QED) is 0.299. The van der Waals surface area contributed by atoms with Gasteiger partial charge in [0.05, 0.1) is 0 Å². The zero-order chi connectivity index (χ0) is 22.0. The first kappa shape index (κ1) is 20.8. The number of aromatic nitrogens is 2. The zero-order valence-electron chi connectivity index (χ0n) is 17.9. The maximum absolute atomic E-state index is 8.19. The number of halogens is 1. The number of hydrogen-bond acceptors (Lipinski definition) is 2. The second kappa shape index (κ2) is 8.13. The summed E-state index contributed by atoms with van der Waals surface area (Å²) >= 11 is 8.19. The van der Waals surface area contributed by atoms with Crippen LogP contribution in [-0.2, 0) is 6.16 Å². The van der Waals surface area contributed by atoms with Crippen LogP contribution >= 0.6 is 17.2 Å².